The maximum Gasteiger partial charge on any atom is 0.315 e. The molecule has 17 heavy (non-hydrogen) atoms. The van der Waals surface area contributed by atoms with E-state index in [0.717, 1.165) is 5.56 Å². The molecule has 0 aromatic heterocycles. The first-order valence-corrected chi connectivity index (χ1v) is 5.57. The van der Waals surface area contributed by atoms with E-state index in [9.17, 15) is 9.59 Å². The minimum absolute atomic E-state index is 0.439. The lowest BCUT2D eigenvalue weighted by Gasteiger charge is -2.09. The van der Waals surface area contributed by atoms with E-state index in [-0.39, 0.29) is 0 Å². The smallest absolute Gasteiger partial charge is 0.315 e. The summed E-state index contributed by atoms with van der Waals surface area (Å²) < 4.78 is 0. The quantitative estimate of drug-likeness (QED) is 0.757. The summed E-state index contributed by atoms with van der Waals surface area (Å²) >= 11 is 0. The van der Waals surface area contributed by atoms with Crippen LogP contribution in [0.15, 0.2) is 24.3 Å². The largest absolute Gasteiger partial charge is 0.481 e. The zero-order chi connectivity index (χ0) is 12.8. The fraction of sp³-hybridized carbons (Fsp3) is 0.385. The first-order valence-electron chi connectivity index (χ1n) is 5.57. The van der Waals surface area contributed by atoms with E-state index < -0.39 is 17.8 Å². The monoisotopic (exact) mass is 235 g/mol. The number of carbonyl (C=O) groups excluding carboxylic acids is 1. The summed E-state index contributed by atoms with van der Waals surface area (Å²) in [6.45, 7) is 3.85. The number of carbonyl (C=O) groups is 2. The van der Waals surface area contributed by atoms with Crippen LogP contribution in [0.5, 0.6) is 0 Å². The highest BCUT2D eigenvalue weighted by molar-refractivity contribution is 5.96. The second-order valence-corrected chi connectivity index (χ2v) is 4.03. The van der Waals surface area contributed by atoms with Gasteiger partial charge in [-0.25, -0.2) is 0 Å². The number of amides is 1. The van der Waals surface area contributed by atoms with Crippen LogP contribution in [0.25, 0.3) is 0 Å². The summed E-state index contributed by atoms with van der Waals surface area (Å²) in [6.07, 6.45) is 0.713. The molecule has 4 heteroatoms. The number of carboxylic acid groups (broad SMARTS) is 1. The molecule has 1 unspecified atom stereocenters. The Morgan fingerprint density at radius 2 is 2.00 bits per heavy atom. The van der Waals surface area contributed by atoms with Gasteiger partial charge in [-0.2, -0.15) is 0 Å². The standard InChI is InChI=1S/C13H17NO3/c1-9-5-3-4-6-11(9)7-8-14-12(15)10(2)13(16)17/h3-6,10H,7-8H2,1-2H3,(H,14,15)(H,16,17). The lowest BCUT2D eigenvalue weighted by atomic mass is 10.1. The van der Waals surface area contributed by atoms with Crippen LogP contribution in [0.1, 0.15) is 18.1 Å². The molecule has 1 rings (SSSR count). The number of rotatable bonds is 5. The van der Waals surface area contributed by atoms with Gasteiger partial charge in [0.2, 0.25) is 5.91 Å². The molecular weight excluding hydrogens is 218 g/mol. The van der Waals surface area contributed by atoms with Crippen LogP contribution in [-0.4, -0.2) is 23.5 Å². The number of benzene rings is 1. The van der Waals surface area contributed by atoms with Gasteiger partial charge in [-0.05, 0) is 31.4 Å². The Kier molecular flexibility index (Phi) is 4.69. The number of hydrogen-bond acceptors (Lipinski definition) is 2. The third kappa shape index (κ3) is 3.90. The molecule has 0 saturated heterocycles. The Balaban J connectivity index is 2.41. The second kappa shape index (κ2) is 6.03. The van der Waals surface area contributed by atoms with Gasteiger partial charge in [0.25, 0.3) is 0 Å². The molecule has 1 amide bonds. The van der Waals surface area contributed by atoms with Gasteiger partial charge >= 0.3 is 5.97 Å². The molecule has 2 N–H and O–H groups in total. The van der Waals surface area contributed by atoms with Crippen molar-refractivity contribution in [2.45, 2.75) is 20.3 Å². The molecule has 0 fully saturated rings. The van der Waals surface area contributed by atoms with Crippen molar-refractivity contribution in [1.29, 1.82) is 0 Å². The molecule has 0 aliphatic rings. The van der Waals surface area contributed by atoms with E-state index in [4.69, 9.17) is 5.11 Å². The molecule has 0 radical (unpaired) electrons. The van der Waals surface area contributed by atoms with Crippen LogP contribution in [0.3, 0.4) is 0 Å². The van der Waals surface area contributed by atoms with Gasteiger partial charge in [-0.1, -0.05) is 24.3 Å². The summed E-state index contributed by atoms with van der Waals surface area (Å²) in [4.78, 5) is 21.9. The highest BCUT2D eigenvalue weighted by atomic mass is 16.4. The Bertz CT molecular complexity index is 415. The SMILES string of the molecule is Cc1ccccc1CCNC(=O)C(C)C(=O)O. The summed E-state index contributed by atoms with van der Waals surface area (Å²) in [7, 11) is 0. The van der Waals surface area contributed by atoms with Crippen LogP contribution >= 0.6 is 0 Å². The normalized spacial score (nSPS) is 11.9. The molecule has 1 aromatic carbocycles. The molecule has 1 aromatic rings. The molecular formula is C13H17NO3. The first kappa shape index (κ1) is 13.2. The minimum atomic E-state index is -1.10. The van der Waals surface area contributed by atoms with Gasteiger partial charge in [0.15, 0.2) is 0 Å². The van der Waals surface area contributed by atoms with Crippen LogP contribution in [0, 0.1) is 12.8 Å². The zero-order valence-corrected chi connectivity index (χ0v) is 10.1. The second-order valence-electron chi connectivity index (χ2n) is 4.03. The van der Waals surface area contributed by atoms with E-state index in [1.54, 1.807) is 0 Å². The maximum absolute atomic E-state index is 11.4. The predicted octanol–water partition coefficient (Wildman–Crippen LogP) is 1.37. The molecule has 4 nitrogen and oxygen atoms in total. The highest BCUT2D eigenvalue weighted by Crippen LogP contribution is 2.07. The van der Waals surface area contributed by atoms with E-state index in [2.05, 4.69) is 5.32 Å². The van der Waals surface area contributed by atoms with Crippen molar-refractivity contribution in [2.75, 3.05) is 6.54 Å². The molecule has 1 atom stereocenters. The molecule has 92 valence electrons. The highest BCUT2D eigenvalue weighted by Gasteiger charge is 2.19. The number of nitrogens with one attached hydrogen (secondary N) is 1. The number of hydrogen-bond donors (Lipinski definition) is 2. The summed E-state index contributed by atoms with van der Waals surface area (Å²) in [5.74, 6) is -2.53. The molecule has 0 saturated carbocycles. The zero-order valence-electron chi connectivity index (χ0n) is 10.1. The van der Waals surface area contributed by atoms with Crippen LogP contribution in [0.2, 0.25) is 0 Å². The Labute approximate surface area is 101 Å². The van der Waals surface area contributed by atoms with Crippen molar-refractivity contribution in [3.05, 3.63) is 35.4 Å². The average Bonchev–Trinajstić information content (AvgIpc) is 2.30. The van der Waals surface area contributed by atoms with Crippen LogP contribution < -0.4 is 5.32 Å². The van der Waals surface area contributed by atoms with Gasteiger partial charge < -0.3 is 10.4 Å². The molecule has 0 aliphatic carbocycles. The third-order valence-electron chi connectivity index (χ3n) is 2.72. The van der Waals surface area contributed by atoms with Gasteiger partial charge in [0.05, 0.1) is 0 Å². The summed E-state index contributed by atoms with van der Waals surface area (Å²) in [5.41, 5.74) is 2.34. The van der Waals surface area contributed by atoms with Crippen LogP contribution in [-0.2, 0) is 16.0 Å². The van der Waals surface area contributed by atoms with Crippen molar-refractivity contribution in [2.24, 2.45) is 5.92 Å². The van der Waals surface area contributed by atoms with Gasteiger partial charge in [-0.15, -0.1) is 0 Å². The minimum Gasteiger partial charge on any atom is -0.481 e. The summed E-state index contributed by atoms with van der Waals surface area (Å²) in [5, 5.41) is 11.3. The summed E-state index contributed by atoms with van der Waals surface area (Å²) in [6, 6.07) is 7.92. The number of aryl methyl sites for hydroxylation is 1. The molecule has 0 aliphatic heterocycles. The topological polar surface area (TPSA) is 66.4 Å². The van der Waals surface area contributed by atoms with Gasteiger partial charge in [0.1, 0.15) is 5.92 Å². The molecule has 0 spiro atoms. The lowest BCUT2D eigenvalue weighted by molar-refractivity contribution is -0.146. The Morgan fingerprint density at radius 3 is 2.59 bits per heavy atom. The van der Waals surface area contributed by atoms with Crippen molar-refractivity contribution >= 4 is 11.9 Å². The van der Waals surface area contributed by atoms with Crippen molar-refractivity contribution in [1.82, 2.24) is 5.32 Å². The number of carboxylic acids is 1. The molecule has 0 heterocycles. The average molecular weight is 235 g/mol. The lowest BCUT2D eigenvalue weighted by Crippen LogP contribution is -2.34. The third-order valence-corrected chi connectivity index (χ3v) is 2.72. The Hall–Kier alpha value is -1.84. The van der Waals surface area contributed by atoms with Crippen molar-refractivity contribution in [3.63, 3.8) is 0 Å². The van der Waals surface area contributed by atoms with E-state index in [1.165, 1.54) is 12.5 Å². The van der Waals surface area contributed by atoms with Crippen LogP contribution in [0.4, 0.5) is 0 Å². The van der Waals surface area contributed by atoms with E-state index >= 15 is 0 Å². The predicted molar refractivity (Wildman–Crippen MR) is 64.7 cm³/mol. The maximum atomic E-state index is 11.4. The van der Waals surface area contributed by atoms with Gasteiger partial charge in [0, 0.05) is 6.54 Å². The van der Waals surface area contributed by atoms with Crippen molar-refractivity contribution < 1.29 is 14.7 Å². The number of aliphatic carboxylic acids is 1. The molecule has 0 bridgehead atoms. The first-order chi connectivity index (χ1) is 8.02. The fourth-order valence-corrected chi connectivity index (χ4v) is 1.48. The van der Waals surface area contributed by atoms with Gasteiger partial charge in [-0.3, -0.25) is 9.59 Å². The van der Waals surface area contributed by atoms with E-state index in [1.807, 2.05) is 31.2 Å². The van der Waals surface area contributed by atoms with E-state index in [0.29, 0.717) is 13.0 Å². The fourth-order valence-electron chi connectivity index (χ4n) is 1.48. The van der Waals surface area contributed by atoms with Crippen molar-refractivity contribution in [3.8, 4) is 0 Å². The Morgan fingerprint density at radius 1 is 1.35 bits per heavy atom.